The molecule has 0 bridgehead atoms. The summed E-state index contributed by atoms with van der Waals surface area (Å²) >= 11 is 3.21. The van der Waals surface area contributed by atoms with E-state index in [1.165, 1.54) is 18.2 Å². The summed E-state index contributed by atoms with van der Waals surface area (Å²) in [5.74, 6) is -3.59. The molecule has 0 aliphatic carbocycles. The van der Waals surface area contributed by atoms with Gasteiger partial charge in [-0.3, -0.25) is 0 Å². The molecule has 2 rings (SSSR count). The predicted octanol–water partition coefficient (Wildman–Crippen LogP) is 4.25. The van der Waals surface area contributed by atoms with E-state index in [-0.39, 0.29) is 6.42 Å². The molecular weight excluding hydrogens is 338 g/mol. The Morgan fingerprint density at radius 2 is 1.55 bits per heavy atom. The zero-order valence-electron chi connectivity index (χ0n) is 10.1. The van der Waals surface area contributed by atoms with E-state index in [2.05, 4.69) is 15.9 Å². The van der Waals surface area contributed by atoms with Gasteiger partial charge in [0, 0.05) is 28.2 Å². The monoisotopic (exact) mass is 347 g/mol. The number of benzene rings is 2. The van der Waals surface area contributed by atoms with Crippen molar-refractivity contribution in [3.63, 3.8) is 0 Å². The highest BCUT2D eigenvalue weighted by Crippen LogP contribution is 2.27. The second kappa shape index (κ2) is 5.93. The Balaban J connectivity index is 2.33. The third kappa shape index (κ3) is 3.19. The van der Waals surface area contributed by atoms with Crippen molar-refractivity contribution in [3.05, 3.63) is 69.2 Å². The zero-order chi connectivity index (χ0) is 14.9. The Bertz CT molecular complexity index is 622. The Morgan fingerprint density at radius 1 is 0.950 bits per heavy atom. The molecule has 2 aromatic carbocycles. The van der Waals surface area contributed by atoms with Crippen LogP contribution in [0.4, 0.5) is 17.6 Å². The molecule has 1 atom stereocenters. The van der Waals surface area contributed by atoms with Gasteiger partial charge in [-0.25, -0.2) is 17.6 Å². The fraction of sp³-hybridized carbons (Fsp3) is 0.143. The molecule has 106 valence electrons. The van der Waals surface area contributed by atoms with Gasteiger partial charge in [-0.05, 0) is 30.2 Å². The van der Waals surface area contributed by atoms with E-state index in [1.54, 1.807) is 0 Å². The molecule has 0 heterocycles. The van der Waals surface area contributed by atoms with E-state index in [0.29, 0.717) is 22.2 Å². The number of hydrogen-bond acceptors (Lipinski definition) is 1. The van der Waals surface area contributed by atoms with Gasteiger partial charge in [0.1, 0.15) is 23.3 Å². The van der Waals surface area contributed by atoms with E-state index < -0.39 is 34.9 Å². The molecule has 0 spiro atoms. The number of halogens is 5. The standard InChI is InChI=1S/C14H10BrF4N/c15-10-2-1-8(16)3-7(10)4-13(20)14-11(18)5-9(17)6-12(14)19/h1-3,5-6,13H,4,20H2. The van der Waals surface area contributed by atoms with Crippen molar-refractivity contribution in [2.24, 2.45) is 5.73 Å². The number of rotatable bonds is 3. The summed E-state index contributed by atoms with van der Waals surface area (Å²) in [5, 5.41) is 0. The van der Waals surface area contributed by atoms with E-state index in [0.717, 1.165) is 0 Å². The molecule has 2 N–H and O–H groups in total. The topological polar surface area (TPSA) is 26.0 Å². The fourth-order valence-corrected chi connectivity index (χ4v) is 2.35. The van der Waals surface area contributed by atoms with Gasteiger partial charge in [0.15, 0.2) is 0 Å². The van der Waals surface area contributed by atoms with Crippen molar-refractivity contribution in [1.82, 2.24) is 0 Å². The summed E-state index contributed by atoms with van der Waals surface area (Å²) in [7, 11) is 0. The van der Waals surface area contributed by atoms with Crippen molar-refractivity contribution >= 4 is 15.9 Å². The summed E-state index contributed by atoms with van der Waals surface area (Å²) in [6, 6.07) is 4.04. The van der Waals surface area contributed by atoms with Crippen LogP contribution in [0.25, 0.3) is 0 Å². The van der Waals surface area contributed by atoms with E-state index in [4.69, 9.17) is 5.73 Å². The summed E-state index contributed by atoms with van der Waals surface area (Å²) in [4.78, 5) is 0. The van der Waals surface area contributed by atoms with Crippen LogP contribution < -0.4 is 5.73 Å². The van der Waals surface area contributed by atoms with Gasteiger partial charge in [-0.1, -0.05) is 15.9 Å². The highest BCUT2D eigenvalue weighted by atomic mass is 79.9. The quantitative estimate of drug-likeness (QED) is 0.825. The molecule has 0 aromatic heterocycles. The molecule has 0 fully saturated rings. The molecule has 0 saturated heterocycles. The summed E-state index contributed by atoms with van der Waals surface area (Å²) in [5.41, 5.74) is 5.81. The molecule has 1 nitrogen and oxygen atoms in total. The Kier molecular flexibility index (Phi) is 4.45. The molecule has 0 aliphatic rings. The minimum Gasteiger partial charge on any atom is -0.323 e. The van der Waals surface area contributed by atoms with Crippen molar-refractivity contribution in [1.29, 1.82) is 0 Å². The lowest BCUT2D eigenvalue weighted by molar-refractivity contribution is 0.501. The van der Waals surface area contributed by atoms with E-state index in [1.807, 2.05) is 0 Å². The molecule has 0 aliphatic heterocycles. The van der Waals surface area contributed by atoms with Crippen molar-refractivity contribution in [2.45, 2.75) is 12.5 Å². The van der Waals surface area contributed by atoms with Crippen LogP contribution in [0.15, 0.2) is 34.8 Å². The molecule has 1 unspecified atom stereocenters. The fourth-order valence-electron chi connectivity index (χ4n) is 1.95. The first-order chi connectivity index (χ1) is 9.38. The van der Waals surface area contributed by atoms with Crippen LogP contribution in [0.5, 0.6) is 0 Å². The summed E-state index contributed by atoms with van der Waals surface area (Å²) in [6.07, 6.45) is 0.0117. The second-order valence-corrected chi connectivity index (χ2v) is 5.18. The van der Waals surface area contributed by atoms with Gasteiger partial charge in [-0.15, -0.1) is 0 Å². The molecule has 20 heavy (non-hydrogen) atoms. The van der Waals surface area contributed by atoms with Crippen molar-refractivity contribution < 1.29 is 17.6 Å². The number of hydrogen-bond donors (Lipinski definition) is 1. The van der Waals surface area contributed by atoms with Crippen LogP contribution in [0, 0.1) is 23.3 Å². The smallest absolute Gasteiger partial charge is 0.133 e. The first-order valence-corrected chi connectivity index (χ1v) is 6.51. The average molecular weight is 348 g/mol. The van der Waals surface area contributed by atoms with Crippen LogP contribution in [0.2, 0.25) is 0 Å². The third-order valence-corrected chi connectivity index (χ3v) is 3.64. The van der Waals surface area contributed by atoms with Gasteiger partial charge < -0.3 is 5.73 Å². The highest BCUT2D eigenvalue weighted by molar-refractivity contribution is 9.10. The van der Waals surface area contributed by atoms with Crippen LogP contribution in [0.1, 0.15) is 17.2 Å². The number of nitrogens with two attached hydrogens (primary N) is 1. The van der Waals surface area contributed by atoms with Crippen LogP contribution in [-0.2, 0) is 6.42 Å². The minimum atomic E-state index is -1.05. The first-order valence-electron chi connectivity index (χ1n) is 5.72. The molecule has 0 radical (unpaired) electrons. The second-order valence-electron chi connectivity index (χ2n) is 4.33. The van der Waals surface area contributed by atoms with Gasteiger partial charge in [0.25, 0.3) is 0 Å². The van der Waals surface area contributed by atoms with Crippen LogP contribution in [0.3, 0.4) is 0 Å². The lowest BCUT2D eigenvalue weighted by Crippen LogP contribution is -2.17. The molecule has 0 amide bonds. The van der Waals surface area contributed by atoms with E-state index in [9.17, 15) is 17.6 Å². The largest absolute Gasteiger partial charge is 0.323 e. The Morgan fingerprint density at radius 3 is 2.15 bits per heavy atom. The molecule has 0 saturated carbocycles. The van der Waals surface area contributed by atoms with Gasteiger partial charge in [-0.2, -0.15) is 0 Å². The third-order valence-electron chi connectivity index (χ3n) is 2.86. The van der Waals surface area contributed by atoms with Crippen LogP contribution in [-0.4, -0.2) is 0 Å². The van der Waals surface area contributed by atoms with E-state index >= 15 is 0 Å². The first kappa shape index (κ1) is 15.0. The maximum absolute atomic E-state index is 13.6. The van der Waals surface area contributed by atoms with Gasteiger partial charge in [0.2, 0.25) is 0 Å². The summed E-state index contributed by atoms with van der Waals surface area (Å²) < 4.78 is 53.8. The maximum Gasteiger partial charge on any atom is 0.133 e. The molecule has 6 heteroatoms. The normalized spacial score (nSPS) is 12.5. The van der Waals surface area contributed by atoms with Gasteiger partial charge >= 0.3 is 0 Å². The predicted molar refractivity (Wildman–Crippen MR) is 71.0 cm³/mol. The van der Waals surface area contributed by atoms with Crippen LogP contribution >= 0.6 is 15.9 Å². The van der Waals surface area contributed by atoms with Crippen molar-refractivity contribution in [3.8, 4) is 0 Å². The lowest BCUT2D eigenvalue weighted by Gasteiger charge is -2.15. The maximum atomic E-state index is 13.6. The molecular formula is C14H10BrF4N. The highest BCUT2D eigenvalue weighted by Gasteiger charge is 2.19. The lowest BCUT2D eigenvalue weighted by atomic mass is 9.98. The zero-order valence-corrected chi connectivity index (χ0v) is 11.7. The summed E-state index contributed by atoms with van der Waals surface area (Å²) in [6.45, 7) is 0. The Hall–Kier alpha value is -1.40. The van der Waals surface area contributed by atoms with Crippen molar-refractivity contribution in [2.75, 3.05) is 0 Å². The SMILES string of the molecule is NC(Cc1cc(F)ccc1Br)c1c(F)cc(F)cc1F. The molecule has 2 aromatic rings. The average Bonchev–Trinajstić information content (AvgIpc) is 2.32. The Labute approximate surface area is 121 Å². The van der Waals surface area contributed by atoms with Gasteiger partial charge in [0.05, 0.1) is 0 Å². The minimum absolute atomic E-state index is 0.0117.